The Labute approximate surface area is 110 Å². The summed E-state index contributed by atoms with van der Waals surface area (Å²) in [6.45, 7) is 9.13. The molecule has 1 rings (SSSR count). The highest BCUT2D eigenvalue weighted by molar-refractivity contribution is 5.54. The van der Waals surface area contributed by atoms with Crippen LogP contribution in [-0.4, -0.2) is 24.2 Å². The molecular formula is C14H25N3O. The van der Waals surface area contributed by atoms with Gasteiger partial charge < -0.3 is 15.4 Å². The molecule has 0 fully saturated rings. The minimum Gasteiger partial charge on any atom is -0.470 e. The lowest BCUT2D eigenvalue weighted by atomic mass is 10.2. The molecule has 0 atom stereocenters. The van der Waals surface area contributed by atoms with Crippen molar-refractivity contribution >= 4 is 11.5 Å². The molecule has 0 unspecified atom stereocenters. The number of nitrogens with zero attached hydrogens (tertiary/aromatic N) is 2. The van der Waals surface area contributed by atoms with Crippen LogP contribution in [0, 0.1) is 0 Å². The van der Waals surface area contributed by atoms with Gasteiger partial charge in [-0.25, -0.2) is 0 Å². The molecular weight excluding hydrogens is 226 g/mol. The molecule has 1 aromatic rings. The van der Waals surface area contributed by atoms with Crippen LogP contribution in [0.25, 0.3) is 0 Å². The lowest BCUT2D eigenvalue weighted by Crippen LogP contribution is -2.25. The predicted octanol–water partition coefficient (Wildman–Crippen LogP) is 3.08. The Bertz CT molecular complexity index is 385. The van der Waals surface area contributed by atoms with Crippen molar-refractivity contribution in [2.24, 2.45) is 0 Å². The van der Waals surface area contributed by atoms with E-state index in [2.05, 4.69) is 16.8 Å². The SMILES string of the molecule is CCCCN(C)c1ccc(N)c(OC(C)(C)C)n1. The van der Waals surface area contributed by atoms with Crippen LogP contribution in [0.2, 0.25) is 0 Å². The fourth-order valence-corrected chi connectivity index (χ4v) is 1.54. The zero-order valence-corrected chi connectivity index (χ0v) is 12.2. The highest BCUT2D eigenvalue weighted by Crippen LogP contribution is 2.26. The number of nitrogens with two attached hydrogens (primary N) is 1. The van der Waals surface area contributed by atoms with Crippen molar-refractivity contribution < 1.29 is 4.74 Å². The number of nitrogen functional groups attached to an aromatic ring is 1. The summed E-state index contributed by atoms with van der Waals surface area (Å²) < 4.78 is 5.76. The van der Waals surface area contributed by atoms with Crippen LogP contribution in [0.5, 0.6) is 5.88 Å². The van der Waals surface area contributed by atoms with Crippen LogP contribution in [0.15, 0.2) is 12.1 Å². The smallest absolute Gasteiger partial charge is 0.239 e. The lowest BCUT2D eigenvalue weighted by Gasteiger charge is -2.23. The van der Waals surface area contributed by atoms with E-state index < -0.39 is 0 Å². The summed E-state index contributed by atoms with van der Waals surface area (Å²) in [4.78, 5) is 6.61. The van der Waals surface area contributed by atoms with E-state index in [0.717, 1.165) is 18.8 Å². The summed E-state index contributed by atoms with van der Waals surface area (Å²) in [5.74, 6) is 1.42. The first-order valence-electron chi connectivity index (χ1n) is 6.50. The zero-order valence-electron chi connectivity index (χ0n) is 12.2. The average Bonchev–Trinajstić information content (AvgIpc) is 2.27. The van der Waals surface area contributed by atoms with Gasteiger partial charge in [-0.1, -0.05) is 13.3 Å². The van der Waals surface area contributed by atoms with E-state index in [4.69, 9.17) is 10.5 Å². The zero-order chi connectivity index (χ0) is 13.8. The Balaban J connectivity index is 2.86. The van der Waals surface area contributed by atoms with Crippen LogP contribution < -0.4 is 15.4 Å². The molecule has 0 amide bonds. The standard InChI is InChI=1S/C14H25N3O/c1-6-7-10-17(5)12-9-8-11(15)13(16-12)18-14(2,3)4/h8-9H,6-7,10,15H2,1-5H3. The molecule has 0 aliphatic carbocycles. The molecule has 4 nitrogen and oxygen atoms in total. The molecule has 0 saturated heterocycles. The molecule has 1 heterocycles. The summed E-state index contributed by atoms with van der Waals surface area (Å²) in [5.41, 5.74) is 6.18. The first kappa shape index (κ1) is 14.6. The third kappa shape index (κ3) is 4.43. The molecule has 0 aromatic carbocycles. The average molecular weight is 251 g/mol. The number of hydrogen-bond donors (Lipinski definition) is 1. The Kier molecular flexibility index (Phi) is 4.82. The number of pyridine rings is 1. The third-order valence-corrected chi connectivity index (χ3v) is 2.52. The maximum Gasteiger partial charge on any atom is 0.239 e. The third-order valence-electron chi connectivity index (χ3n) is 2.52. The molecule has 0 spiro atoms. The second-order valence-corrected chi connectivity index (χ2v) is 5.55. The second kappa shape index (κ2) is 5.94. The van der Waals surface area contributed by atoms with Crippen LogP contribution in [0.4, 0.5) is 11.5 Å². The maximum atomic E-state index is 5.89. The van der Waals surface area contributed by atoms with Gasteiger partial charge >= 0.3 is 0 Å². The molecule has 2 N–H and O–H groups in total. The van der Waals surface area contributed by atoms with Gasteiger partial charge in [0.25, 0.3) is 0 Å². The van der Waals surface area contributed by atoms with Gasteiger partial charge in [0.1, 0.15) is 11.4 Å². The summed E-state index contributed by atoms with van der Waals surface area (Å²) in [5, 5.41) is 0. The van der Waals surface area contributed by atoms with Crippen molar-refractivity contribution in [2.45, 2.75) is 46.1 Å². The van der Waals surface area contributed by atoms with Crippen molar-refractivity contribution in [2.75, 3.05) is 24.2 Å². The van der Waals surface area contributed by atoms with E-state index in [9.17, 15) is 0 Å². The summed E-state index contributed by atoms with van der Waals surface area (Å²) >= 11 is 0. The Morgan fingerprint density at radius 3 is 2.56 bits per heavy atom. The van der Waals surface area contributed by atoms with E-state index in [1.165, 1.54) is 6.42 Å². The van der Waals surface area contributed by atoms with Crippen molar-refractivity contribution in [3.8, 4) is 5.88 Å². The van der Waals surface area contributed by atoms with Gasteiger partial charge in [-0.05, 0) is 39.3 Å². The van der Waals surface area contributed by atoms with Crippen LogP contribution in [-0.2, 0) is 0 Å². The van der Waals surface area contributed by atoms with Crippen LogP contribution in [0.1, 0.15) is 40.5 Å². The molecule has 0 aliphatic heterocycles. The highest BCUT2D eigenvalue weighted by Gasteiger charge is 2.16. The van der Waals surface area contributed by atoms with Crippen LogP contribution in [0.3, 0.4) is 0 Å². The number of unbranched alkanes of at least 4 members (excludes halogenated alkanes) is 1. The summed E-state index contributed by atoms with van der Waals surface area (Å²) in [6.07, 6.45) is 2.32. The van der Waals surface area contributed by atoms with Gasteiger partial charge in [-0.2, -0.15) is 4.98 Å². The minimum absolute atomic E-state index is 0.290. The molecule has 0 saturated carbocycles. The number of anilines is 2. The fraction of sp³-hybridized carbons (Fsp3) is 0.643. The molecule has 0 bridgehead atoms. The van der Waals surface area contributed by atoms with Gasteiger partial charge in [-0.15, -0.1) is 0 Å². The first-order valence-corrected chi connectivity index (χ1v) is 6.50. The summed E-state index contributed by atoms with van der Waals surface area (Å²) in [6, 6.07) is 3.78. The normalized spacial score (nSPS) is 11.4. The van der Waals surface area contributed by atoms with E-state index in [-0.39, 0.29) is 5.60 Å². The largest absolute Gasteiger partial charge is 0.470 e. The van der Waals surface area contributed by atoms with Gasteiger partial charge in [0.05, 0.1) is 5.69 Å². The first-order chi connectivity index (χ1) is 8.33. The molecule has 18 heavy (non-hydrogen) atoms. The molecule has 0 aliphatic rings. The minimum atomic E-state index is -0.290. The molecule has 0 radical (unpaired) electrons. The Morgan fingerprint density at radius 2 is 2.00 bits per heavy atom. The predicted molar refractivity (Wildman–Crippen MR) is 77.2 cm³/mol. The van der Waals surface area contributed by atoms with Crippen LogP contribution >= 0.6 is 0 Å². The number of ether oxygens (including phenoxy) is 1. The number of aromatic nitrogens is 1. The molecule has 1 aromatic heterocycles. The van der Waals surface area contributed by atoms with Crippen molar-refractivity contribution in [3.63, 3.8) is 0 Å². The Hall–Kier alpha value is -1.45. The van der Waals surface area contributed by atoms with Crippen molar-refractivity contribution in [1.82, 2.24) is 4.98 Å². The van der Waals surface area contributed by atoms with E-state index >= 15 is 0 Å². The second-order valence-electron chi connectivity index (χ2n) is 5.55. The van der Waals surface area contributed by atoms with Gasteiger partial charge in [0.15, 0.2) is 0 Å². The van der Waals surface area contributed by atoms with E-state index in [1.807, 2.05) is 40.0 Å². The van der Waals surface area contributed by atoms with Gasteiger partial charge in [-0.3, -0.25) is 0 Å². The van der Waals surface area contributed by atoms with Crippen molar-refractivity contribution in [1.29, 1.82) is 0 Å². The Morgan fingerprint density at radius 1 is 1.33 bits per heavy atom. The van der Waals surface area contributed by atoms with Crippen molar-refractivity contribution in [3.05, 3.63) is 12.1 Å². The number of hydrogen-bond acceptors (Lipinski definition) is 4. The lowest BCUT2D eigenvalue weighted by molar-refractivity contribution is 0.125. The topological polar surface area (TPSA) is 51.4 Å². The monoisotopic (exact) mass is 251 g/mol. The van der Waals surface area contributed by atoms with E-state index in [1.54, 1.807) is 0 Å². The highest BCUT2D eigenvalue weighted by atomic mass is 16.5. The van der Waals surface area contributed by atoms with Gasteiger partial charge in [0, 0.05) is 13.6 Å². The molecule has 4 heteroatoms. The van der Waals surface area contributed by atoms with Gasteiger partial charge in [0.2, 0.25) is 5.88 Å². The molecule has 102 valence electrons. The van der Waals surface area contributed by atoms with E-state index in [0.29, 0.717) is 11.6 Å². The maximum absolute atomic E-state index is 5.89. The quantitative estimate of drug-likeness (QED) is 0.873. The fourth-order valence-electron chi connectivity index (χ4n) is 1.54. The number of rotatable bonds is 5. The summed E-state index contributed by atoms with van der Waals surface area (Å²) in [7, 11) is 2.04.